The summed E-state index contributed by atoms with van der Waals surface area (Å²) in [5, 5.41) is 15.5. The van der Waals surface area contributed by atoms with E-state index in [-0.39, 0.29) is 11.5 Å². The smallest absolute Gasteiger partial charge is 0.262 e. The zero-order valence-corrected chi connectivity index (χ0v) is 15.2. The standard InChI is InChI=1S/C20H24N4O2/c1-13-7-3-4-9-16(13)24-18-15(12-21-24)19(25)23-17(22-18)11-14-8-5-6-10-20(14,2)26/h3-4,7,9,12,14,26H,5-6,8,10-11H2,1-2H3,(H,22,23,25)/t14-,20-/m1/s1. The van der Waals surface area contributed by atoms with E-state index in [0.29, 0.717) is 23.3 Å². The highest BCUT2D eigenvalue weighted by Crippen LogP contribution is 2.35. The minimum atomic E-state index is -0.706. The van der Waals surface area contributed by atoms with Gasteiger partial charge in [0.05, 0.1) is 17.5 Å². The van der Waals surface area contributed by atoms with Crippen LogP contribution in [0.4, 0.5) is 0 Å². The highest BCUT2D eigenvalue weighted by molar-refractivity contribution is 5.75. The first kappa shape index (κ1) is 17.0. The SMILES string of the molecule is Cc1ccccc1-n1ncc2c(=O)[nH]c(C[C@H]3CCCC[C@@]3(C)O)nc21. The van der Waals surface area contributed by atoms with E-state index in [9.17, 15) is 9.90 Å². The number of aryl methyl sites for hydroxylation is 1. The average molecular weight is 352 g/mol. The van der Waals surface area contributed by atoms with Crippen LogP contribution >= 0.6 is 0 Å². The molecule has 0 saturated heterocycles. The van der Waals surface area contributed by atoms with Gasteiger partial charge in [0, 0.05) is 6.42 Å². The van der Waals surface area contributed by atoms with Gasteiger partial charge in [-0.1, -0.05) is 31.0 Å². The highest BCUT2D eigenvalue weighted by Gasteiger charge is 2.34. The number of aromatic amines is 1. The number of H-pyrrole nitrogens is 1. The van der Waals surface area contributed by atoms with E-state index < -0.39 is 5.60 Å². The second-order valence-corrected chi connectivity index (χ2v) is 7.60. The zero-order chi connectivity index (χ0) is 18.3. The summed E-state index contributed by atoms with van der Waals surface area (Å²) in [7, 11) is 0. The van der Waals surface area contributed by atoms with Crippen molar-refractivity contribution in [3.63, 3.8) is 0 Å². The first-order valence-electron chi connectivity index (χ1n) is 9.21. The van der Waals surface area contributed by atoms with E-state index in [1.807, 2.05) is 38.1 Å². The molecule has 1 aliphatic rings. The van der Waals surface area contributed by atoms with Crippen LogP contribution in [-0.4, -0.2) is 30.5 Å². The molecule has 3 aromatic rings. The van der Waals surface area contributed by atoms with Gasteiger partial charge in [0.15, 0.2) is 5.65 Å². The number of rotatable bonds is 3. The van der Waals surface area contributed by atoms with Crippen molar-refractivity contribution in [2.75, 3.05) is 0 Å². The second kappa shape index (κ2) is 6.36. The molecule has 1 saturated carbocycles. The van der Waals surface area contributed by atoms with Gasteiger partial charge in [0.25, 0.3) is 5.56 Å². The molecule has 6 nitrogen and oxygen atoms in total. The molecule has 2 aromatic heterocycles. The Balaban J connectivity index is 1.77. The summed E-state index contributed by atoms with van der Waals surface area (Å²) in [6, 6.07) is 7.90. The van der Waals surface area contributed by atoms with E-state index in [4.69, 9.17) is 4.98 Å². The summed E-state index contributed by atoms with van der Waals surface area (Å²) in [5.41, 5.74) is 1.66. The summed E-state index contributed by atoms with van der Waals surface area (Å²) in [4.78, 5) is 20.1. The van der Waals surface area contributed by atoms with Gasteiger partial charge in [-0.25, -0.2) is 9.67 Å². The summed E-state index contributed by atoms with van der Waals surface area (Å²) in [6.45, 7) is 3.90. The van der Waals surface area contributed by atoms with E-state index in [0.717, 1.165) is 36.9 Å². The van der Waals surface area contributed by atoms with Crippen molar-refractivity contribution in [3.05, 3.63) is 52.2 Å². The third-order valence-corrected chi connectivity index (χ3v) is 5.64. The number of nitrogens with zero attached hydrogens (tertiary/aromatic N) is 3. The average Bonchev–Trinajstić information content (AvgIpc) is 3.01. The van der Waals surface area contributed by atoms with E-state index in [1.165, 1.54) is 0 Å². The zero-order valence-electron chi connectivity index (χ0n) is 15.2. The lowest BCUT2D eigenvalue weighted by Gasteiger charge is -2.36. The van der Waals surface area contributed by atoms with Crippen molar-refractivity contribution in [3.8, 4) is 5.69 Å². The number of nitrogens with one attached hydrogen (secondary N) is 1. The van der Waals surface area contributed by atoms with Crippen molar-refractivity contribution in [1.29, 1.82) is 0 Å². The Morgan fingerprint density at radius 1 is 1.35 bits per heavy atom. The third kappa shape index (κ3) is 2.94. The fourth-order valence-electron chi connectivity index (χ4n) is 3.98. The maximum Gasteiger partial charge on any atom is 0.262 e. The molecule has 0 aliphatic heterocycles. The van der Waals surface area contributed by atoms with Crippen LogP contribution in [0.2, 0.25) is 0 Å². The highest BCUT2D eigenvalue weighted by atomic mass is 16.3. The minimum Gasteiger partial charge on any atom is -0.390 e. The van der Waals surface area contributed by atoms with Crippen molar-refractivity contribution in [2.45, 2.75) is 51.6 Å². The summed E-state index contributed by atoms with van der Waals surface area (Å²) < 4.78 is 1.72. The number of benzene rings is 1. The summed E-state index contributed by atoms with van der Waals surface area (Å²) in [5.74, 6) is 0.719. The molecule has 0 amide bonds. The van der Waals surface area contributed by atoms with Gasteiger partial charge >= 0.3 is 0 Å². The van der Waals surface area contributed by atoms with Gasteiger partial charge in [0.2, 0.25) is 0 Å². The van der Waals surface area contributed by atoms with Crippen molar-refractivity contribution in [1.82, 2.24) is 19.7 Å². The fraction of sp³-hybridized carbons (Fsp3) is 0.450. The Hall–Kier alpha value is -2.47. The Labute approximate surface area is 151 Å². The molecule has 26 heavy (non-hydrogen) atoms. The van der Waals surface area contributed by atoms with Gasteiger partial charge in [-0.15, -0.1) is 0 Å². The summed E-state index contributed by atoms with van der Waals surface area (Å²) >= 11 is 0. The Bertz CT molecular complexity index is 1000. The number of fused-ring (bicyclic) bond motifs is 1. The Morgan fingerprint density at radius 2 is 2.15 bits per heavy atom. The van der Waals surface area contributed by atoms with Gasteiger partial charge in [-0.3, -0.25) is 4.79 Å². The van der Waals surface area contributed by atoms with Crippen LogP contribution in [-0.2, 0) is 6.42 Å². The molecule has 1 aromatic carbocycles. The van der Waals surface area contributed by atoms with Crippen LogP contribution in [0.1, 0.15) is 44.0 Å². The van der Waals surface area contributed by atoms with Gasteiger partial charge in [0.1, 0.15) is 11.2 Å². The molecular weight excluding hydrogens is 328 g/mol. The van der Waals surface area contributed by atoms with E-state index in [1.54, 1.807) is 10.9 Å². The first-order chi connectivity index (χ1) is 12.5. The second-order valence-electron chi connectivity index (χ2n) is 7.60. The maximum absolute atomic E-state index is 12.5. The van der Waals surface area contributed by atoms with Crippen LogP contribution < -0.4 is 5.56 Å². The number of para-hydroxylation sites is 1. The van der Waals surface area contributed by atoms with E-state index >= 15 is 0 Å². The van der Waals surface area contributed by atoms with Gasteiger partial charge < -0.3 is 10.1 Å². The summed E-state index contributed by atoms with van der Waals surface area (Å²) in [6.07, 6.45) is 6.03. The molecule has 6 heteroatoms. The van der Waals surface area contributed by atoms with Crippen LogP contribution in [0.3, 0.4) is 0 Å². The normalized spacial score (nSPS) is 23.4. The van der Waals surface area contributed by atoms with Gasteiger partial charge in [-0.2, -0.15) is 5.10 Å². The number of aromatic nitrogens is 4. The molecule has 1 fully saturated rings. The molecule has 4 rings (SSSR count). The largest absolute Gasteiger partial charge is 0.390 e. The maximum atomic E-state index is 12.5. The van der Waals surface area contributed by atoms with Crippen LogP contribution in [0.5, 0.6) is 0 Å². The molecule has 0 spiro atoms. The number of hydrogen-bond acceptors (Lipinski definition) is 4. The topological polar surface area (TPSA) is 83.8 Å². The molecule has 136 valence electrons. The molecule has 1 aliphatic carbocycles. The molecule has 2 heterocycles. The predicted octanol–water partition coefficient (Wildman–Crippen LogP) is 2.90. The lowest BCUT2D eigenvalue weighted by molar-refractivity contribution is -0.0321. The molecular formula is C20H24N4O2. The van der Waals surface area contributed by atoms with Crippen LogP contribution in [0, 0.1) is 12.8 Å². The third-order valence-electron chi connectivity index (χ3n) is 5.64. The van der Waals surface area contributed by atoms with Gasteiger partial charge in [-0.05, 0) is 44.2 Å². The van der Waals surface area contributed by atoms with Crippen LogP contribution in [0.25, 0.3) is 16.7 Å². The molecule has 0 unspecified atom stereocenters. The Morgan fingerprint density at radius 3 is 2.92 bits per heavy atom. The quantitative estimate of drug-likeness (QED) is 0.759. The van der Waals surface area contributed by atoms with Crippen molar-refractivity contribution >= 4 is 11.0 Å². The van der Waals surface area contributed by atoms with E-state index in [2.05, 4.69) is 10.1 Å². The lowest BCUT2D eigenvalue weighted by Crippen LogP contribution is -2.39. The van der Waals surface area contributed by atoms with Crippen LogP contribution in [0.15, 0.2) is 35.3 Å². The number of aliphatic hydroxyl groups is 1. The first-order valence-corrected chi connectivity index (χ1v) is 9.21. The fourth-order valence-corrected chi connectivity index (χ4v) is 3.98. The van der Waals surface area contributed by atoms with Crippen molar-refractivity contribution in [2.24, 2.45) is 5.92 Å². The minimum absolute atomic E-state index is 0.103. The molecule has 2 N–H and O–H groups in total. The number of hydrogen-bond donors (Lipinski definition) is 2. The molecule has 0 radical (unpaired) electrons. The molecule has 2 atom stereocenters. The monoisotopic (exact) mass is 352 g/mol. The molecule has 0 bridgehead atoms. The van der Waals surface area contributed by atoms with Crippen molar-refractivity contribution < 1.29 is 5.11 Å². The lowest BCUT2D eigenvalue weighted by atomic mass is 9.75. The Kier molecular flexibility index (Phi) is 4.15. The predicted molar refractivity (Wildman–Crippen MR) is 101 cm³/mol.